The average molecular weight is 326 g/mol. The van der Waals surface area contributed by atoms with Crippen molar-refractivity contribution in [3.63, 3.8) is 0 Å². The molecule has 0 aromatic rings. The molecule has 24 heavy (non-hydrogen) atoms. The maximum Gasteiger partial charge on any atom is 0.159 e. The minimum atomic E-state index is -0.115. The number of hydrogen-bond acceptors (Lipinski definition) is 2. The second kappa shape index (κ2) is 5.46. The van der Waals surface area contributed by atoms with Crippen molar-refractivity contribution >= 4 is 5.78 Å². The number of rotatable bonds is 1. The molecule has 0 spiro atoms. The molecule has 0 aliphatic heterocycles. The highest BCUT2D eigenvalue weighted by molar-refractivity contribution is 5.94. The molecule has 0 bridgehead atoms. The van der Waals surface area contributed by atoms with Gasteiger partial charge in [-0.05, 0) is 79.6 Å². The molecule has 0 radical (unpaired) electrons. The smallest absolute Gasteiger partial charge is 0.159 e. The highest BCUT2D eigenvalue weighted by Gasteiger charge is 2.59. The van der Waals surface area contributed by atoms with Crippen molar-refractivity contribution in [3.8, 4) is 12.3 Å². The van der Waals surface area contributed by atoms with E-state index in [1.807, 2.05) is 6.08 Å². The Morgan fingerprint density at radius 2 is 2.04 bits per heavy atom. The molecule has 0 heterocycles. The molecule has 0 saturated heterocycles. The Labute approximate surface area is 146 Å². The first kappa shape index (κ1) is 16.4. The lowest BCUT2D eigenvalue weighted by atomic mass is 9.46. The molecule has 7 atom stereocenters. The van der Waals surface area contributed by atoms with Gasteiger partial charge in [0.2, 0.25) is 0 Å². The summed E-state index contributed by atoms with van der Waals surface area (Å²) in [6.45, 7) is 4.73. The summed E-state index contributed by atoms with van der Waals surface area (Å²) in [6, 6.07) is 0. The van der Waals surface area contributed by atoms with E-state index in [1.54, 1.807) is 0 Å². The molecule has 3 saturated carbocycles. The number of carbonyl (C=O) groups is 1. The van der Waals surface area contributed by atoms with E-state index < -0.39 is 0 Å². The van der Waals surface area contributed by atoms with Crippen LogP contribution in [0.3, 0.4) is 0 Å². The molecule has 4 aliphatic rings. The van der Waals surface area contributed by atoms with Crippen molar-refractivity contribution in [1.82, 2.24) is 0 Å². The van der Waals surface area contributed by atoms with Crippen molar-refractivity contribution < 1.29 is 9.90 Å². The number of fused-ring (bicyclic) bond motifs is 5. The van der Waals surface area contributed by atoms with Crippen LogP contribution in [0.15, 0.2) is 11.6 Å². The largest absolute Gasteiger partial charge is 0.393 e. The maximum absolute atomic E-state index is 12.4. The number of aliphatic hydroxyl groups is 1. The lowest BCUT2D eigenvalue weighted by molar-refractivity contribution is -0.123. The molecule has 130 valence electrons. The van der Waals surface area contributed by atoms with Crippen LogP contribution in [0.1, 0.15) is 65.2 Å². The third-order valence-corrected chi connectivity index (χ3v) is 8.44. The number of aliphatic hydroxyl groups excluding tert-OH is 1. The zero-order chi connectivity index (χ0) is 17.1. The number of allylic oxidation sites excluding steroid dienone is 1. The van der Waals surface area contributed by atoms with E-state index >= 15 is 0 Å². The van der Waals surface area contributed by atoms with Crippen molar-refractivity contribution in [2.24, 2.45) is 34.5 Å². The standard InChI is InChI=1S/C22H30O2/c1-4-5-14-13-22(3)15(12-19(14)23)6-7-16-17-8-9-20(24)21(17,2)11-10-18(16)22/h1,12,14,16-18,20,24H,5-11,13H2,2-3H3/t14-,16+,17+,18+,20+,21+,22+/m1/s1. The highest BCUT2D eigenvalue weighted by Crippen LogP contribution is 2.65. The van der Waals surface area contributed by atoms with E-state index in [0.717, 1.165) is 25.7 Å². The fourth-order valence-electron chi connectivity index (χ4n) is 7.04. The number of carbonyl (C=O) groups excluding carboxylic acids is 1. The molecular formula is C22H30O2. The van der Waals surface area contributed by atoms with Gasteiger partial charge in [-0.1, -0.05) is 19.4 Å². The SMILES string of the molecule is C#CC[C@@H]1C[C@@]2(C)C(=CC1=O)CC[C@H]1[C@@H]3CC[C@H](O)[C@@]3(C)CC[C@@H]12. The van der Waals surface area contributed by atoms with Crippen molar-refractivity contribution in [1.29, 1.82) is 0 Å². The van der Waals surface area contributed by atoms with Crippen LogP contribution in [0.2, 0.25) is 0 Å². The fourth-order valence-corrected chi connectivity index (χ4v) is 7.04. The summed E-state index contributed by atoms with van der Waals surface area (Å²) in [5.74, 6) is 5.03. The third kappa shape index (κ3) is 2.10. The predicted molar refractivity (Wildman–Crippen MR) is 95.0 cm³/mol. The average Bonchev–Trinajstić information content (AvgIpc) is 2.85. The van der Waals surface area contributed by atoms with Crippen LogP contribution in [0.4, 0.5) is 0 Å². The number of terminal acetylenes is 1. The summed E-state index contributed by atoms with van der Waals surface area (Å²) < 4.78 is 0. The van der Waals surface area contributed by atoms with Crippen LogP contribution < -0.4 is 0 Å². The summed E-state index contributed by atoms with van der Waals surface area (Å²) in [7, 11) is 0. The minimum absolute atomic E-state index is 0.0185. The third-order valence-electron chi connectivity index (χ3n) is 8.44. The van der Waals surface area contributed by atoms with Gasteiger partial charge >= 0.3 is 0 Å². The molecular weight excluding hydrogens is 296 g/mol. The molecule has 0 unspecified atom stereocenters. The summed E-state index contributed by atoms with van der Waals surface area (Å²) in [6.07, 6.45) is 15.6. The van der Waals surface area contributed by atoms with E-state index in [9.17, 15) is 9.90 Å². The normalized spacial score (nSPS) is 50.3. The summed E-state index contributed by atoms with van der Waals surface area (Å²) >= 11 is 0. The molecule has 0 aromatic heterocycles. The molecule has 2 nitrogen and oxygen atoms in total. The summed E-state index contributed by atoms with van der Waals surface area (Å²) in [5.41, 5.74) is 1.67. The van der Waals surface area contributed by atoms with Crippen LogP contribution in [0.25, 0.3) is 0 Å². The first-order valence-corrected chi connectivity index (χ1v) is 9.76. The lowest BCUT2D eigenvalue weighted by Gasteiger charge is -2.58. The summed E-state index contributed by atoms with van der Waals surface area (Å²) in [4.78, 5) is 12.4. The molecule has 4 aliphatic carbocycles. The first-order chi connectivity index (χ1) is 11.4. The highest BCUT2D eigenvalue weighted by atomic mass is 16.3. The minimum Gasteiger partial charge on any atom is -0.393 e. The van der Waals surface area contributed by atoms with Gasteiger partial charge < -0.3 is 5.11 Å². The Morgan fingerprint density at radius 3 is 2.79 bits per heavy atom. The van der Waals surface area contributed by atoms with Gasteiger partial charge in [-0.15, -0.1) is 12.3 Å². The van der Waals surface area contributed by atoms with E-state index in [4.69, 9.17) is 6.42 Å². The molecule has 4 rings (SSSR count). The topological polar surface area (TPSA) is 37.3 Å². The van der Waals surface area contributed by atoms with E-state index in [2.05, 4.69) is 19.8 Å². The van der Waals surface area contributed by atoms with Crippen LogP contribution in [0.5, 0.6) is 0 Å². The summed E-state index contributed by atoms with van der Waals surface area (Å²) in [5, 5.41) is 10.5. The van der Waals surface area contributed by atoms with E-state index in [1.165, 1.54) is 24.8 Å². The molecule has 1 N–H and O–H groups in total. The maximum atomic E-state index is 12.4. The number of hydrogen-bond donors (Lipinski definition) is 1. The Kier molecular flexibility index (Phi) is 3.73. The van der Waals surface area contributed by atoms with Crippen LogP contribution >= 0.6 is 0 Å². The van der Waals surface area contributed by atoms with Crippen molar-refractivity contribution in [3.05, 3.63) is 11.6 Å². The second-order valence-electron chi connectivity index (χ2n) is 9.35. The van der Waals surface area contributed by atoms with Crippen molar-refractivity contribution in [2.75, 3.05) is 0 Å². The van der Waals surface area contributed by atoms with Crippen LogP contribution in [0, 0.1) is 46.8 Å². The van der Waals surface area contributed by atoms with Crippen LogP contribution in [-0.2, 0) is 4.79 Å². The molecule has 2 heteroatoms. The van der Waals surface area contributed by atoms with Gasteiger partial charge in [0.15, 0.2) is 5.78 Å². The predicted octanol–water partition coefficient (Wildman–Crippen LogP) is 4.13. The van der Waals surface area contributed by atoms with Gasteiger partial charge in [-0.2, -0.15) is 0 Å². The van der Waals surface area contributed by atoms with Gasteiger partial charge in [-0.25, -0.2) is 0 Å². The van der Waals surface area contributed by atoms with E-state index in [0.29, 0.717) is 24.2 Å². The monoisotopic (exact) mass is 326 g/mol. The zero-order valence-corrected chi connectivity index (χ0v) is 15.1. The van der Waals surface area contributed by atoms with Gasteiger partial charge in [0.1, 0.15) is 0 Å². The van der Waals surface area contributed by atoms with Gasteiger partial charge in [-0.3, -0.25) is 4.79 Å². The quantitative estimate of drug-likeness (QED) is 0.736. The fraction of sp³-hybridized carbons (Fsp3) is 0.773. The van der Waals surface area contributed by atoms with E-state index in [-0.39, 0.29) is 28.6 Å². The lowest BCUT2D eigenvalue weighted by Crippen LogP contribution is -2.52. The van der Waals surface area contributed by atoms with Gasteiger partial charge in [0.05, 0.1) is 6.10 Å². The Morgan fingerprint density at radius 1 is 1.25 bits per heavy atom. The molecule has 0 aromatic carbocycles. The van der Waals surface area contributed by atoms with Gasteiger partial charge in [0, 0.05) is 12.3 Å². The first-order valence-electron chi connectivity index (χ1n) is 9.76. The van der Waals surface area contributed by atoms with Gasteiger partial charge in [0.25, 0.3) is 0 Å². The van der Waals surface area contributed by atoms with Crippen LogP contribution in [-0.4, -0.2) is 17.0 Å². The van der Waals surface area contributed by atoms with Crippen molar-refractivity contribution in [2.45, 2.75) is 71.3 Å². The number of ketones is 1. The zero-order valence-electron chi connectivity index (χ0n) is 15.1. The second-order valence-corrected chi connectivity index (χ2v) is 9.35. The Balaban J connectivity index is 1.67. The Bertz CT molecular complexity index is 626. The molecule has 0 amide bonds. The molecule has 3 fully saturated rings. The Hall–Kier alpha value is -1.07.